The minimum Gasteiger partial charge on any atom is -0.379 e. The Morgan fingerprint density at radius 3 is 2.79 bits per heavy atom. The number of fused-ring (bicyclic) bond motifs is 1. The van der Waals surface area contributed by atoms with Crippen molar-refractivity contribution in [3.05, 3.63) is 58.9 Å². The van der Waals surface area contributed by atoms with E-state index in [-0.39, 0.29) is 5.91 Å². The Labute approximate surface area is 173 Å². The fraction of sp³-hybridized carbons (Fsp3) is 0.364. The van der Waals surface area contributed by atoms with E-state index in [9.17, 15) is 9.18 Å². The summed E-state index contributed by atoms with van der Waals surface area (Å²) < 4.78 is 20.2. The Kier molecular flexibility index (Phi) is 5.89. The molecule has 5 nitrogen and oxygen atoms in total. The van der Waals surface area contributed by atoms with Crippen molar-refractivity contribution in [2.45, 2.75) is 13.8 Å². The molecule has 7 heteroatoms. The molecule has 1 saturated heterocycles. The van der Waals surface area contributed by atoms with E-state index in [0.717, 1.165) is 35.4 Å². The van der Waals surface area contributed by atoms with Crippen LogP contribution in [0, 0.1) is 19.7 Å². The van der Waals surface area contributed by atoms with Crippen molar-refractivity contribution in [1.82, 2.24) is 9.88 Å². The highest BCUT2D eigenvalue weighted by atomic mass is 32.1. The first-order valence-corrected chi connectivity index (χ1v) is 10.6. The third-order valence-corrected chi connectivity index (χ3v) is 6.41. The van der Waals surface area contributed by atoms with E-state index in [2.05, 4.69) is 17.9 Å². The van der Waals surface area contributed by atoms with Crippen molar-refractivity contribution in [3.8, 4) is 0 Å². The van der Waals surface area contributed by atoms with E-state index in [0.29, 0.717) is 30.5 Å². The van der Waals surface area contributed by atoms with Gasteiger partial charge in [-0.05, 0) is 49.2 Å². The van der Waals surface area contributed by atoms with Crippen molar-refractivity contribution in [1.29, 1.82) is 0 Å². The molecule has 1 aliphatic heterocycles. The average Bonchev–Trinajstić information content (AvgIpc) is 3.16. The average molecular weight is 414 g/mol. The van der Waals surface area contributed by atoms with Crippen LogP contribution in [0.25, 0.3) is 10.2 Å². The minimum atomic E-state index is -0.417. The molecule has 152 valence electrons. The Hall–Kier alpha value is -2.35. The molecule has 3 aromatic rings. The van der Waals surface area contributed by atoms with Gasteiger partial charge in [0, 0.05) is 31.7 Å². The lowest BCUT2D eigenvalue weighted by Gasteiger charge is -2.29. The standard InChI is InChI=1S/C22H24FN3O2S/c1-15-6-7-19-20(16(15)2)24-22(29-19)26(9-8-25-10-12-28-13-11-25)21(27)17-4-3-5-18(23)14-17/h3-7,14H,8-13H2,1-2H3. The van der Waals surface area contributed by atoms with E-state index in [4.69, 9.17) is 9.72 Å². The van der Waals surface area contributed by atoms with Crippen LogP contribution in [-0.4, -0.2) is 55.2 Å². The number of aryl methyl sites for hydroxylation is 2. The predicted octanol–water partition coefficient (Wildman–Crippen LogP) is 4.03. The maximum absolute atomic E-state index is 13.7. The number of aromatic nitrogens is 1. The van der Waals surface area contributed by atoms with E-state index < -0.39 is 5.82 Å². The van der Waals surface area contributed by atoms with E-state index >= 15 is 0 Å². The maximum Gasteiger partial charge on any atom is 0.260 e. The molecule has 1 aliphatic rings. The number of benzene rings is 2. The highest BCUT2D eigenvalue weighted by Crippen LogP contribution is 2.32. The minimum absolute atomic E-state index is 0.230. The normalized spacial score (nSPS) is 15.0. The van der Waals surface area contributed by atoms with Crippen LogP contribution in [0.1, 0.15) is 21.5 Å². The Bertz CT molecular complexity index is 1030. The molecule has 4 rings (SSSR count). The van der Waals surface area contributed by atoms with Gasteiger partial charge in [0.2, 0.25) is 0 Å². The SMILES string of the molecule is Cc1ccc2sc(N(CCN3CCOCC3)C(=O)c3cccc(F)c3)nc2c1C. The molecule has 1 fully saturated rings. The van der Waals surface area contributed by atoms with Gasteiger partial charge in [0.1, 0.15) is 5.82 Å². The van der Waals surface area contributed by atoms with Crippen LogP contribution in [0.4, 0.5) is 9.52 Å². The van der Waals surface area contributed by atoms with Crippen LogP contribution < -0.4 is 4.90 Å². The van der Waals surface area contributed by atoms with Crippen LogP contribution in [0.15, 0.2) is 36.4 Å². The lowest BCUT2D eigenvalue weighted by Crippen LogP contribution is -2.43. The van der Waals surface area contributed by atoms with Crippen molar-refractivity contribution < 1.29 is 13.9 Å². The number of halogens is 1. The van der Waals surface area contributed by atoms with Gasteiger partial charge in [-0.25, -0.2) is 9.37 Å². The molecule has 0 atom stereocenters. The number of rotatable bonds is 5. The third kappa shape index (κ3) is 4.32. The number of morpholine rings is 1. The fourth-order valence-corrected chi connectivity index (χ4v) is 4.51. The molecule has 0 radical (unpaired) electrons. The first kappa shape index (κ1) is 19.9. The number of carbonyl (C=O) groups excluding carboxylic acids is 1. The molecule has 0 spiro atoms. The number of carbonyl (C=O) groups is 1. The summed E-state index contributed by atoms with van der Waals surface area (Å²) in [5.41, 5.74) is 3.55. The van der Waals surface area contributed by atoms with Crippen molar-refractivity contribution in [2.24, 2.45) is 0 Å². The summed E-state index contributed by atoms with van der Waals surface area (Å²) in [7, 11) is 0. The molecule has 0 unspecified atom stereocenters. The number of nitrogens with zero attached hydrogens (tertiary/aromatic N) is 3. The lowest BCUT2D eigenvalue weighted by molar-refractivity contribution is 0.0391. The molecule has 1 aromatic heterocycles. The van der Waals surface area contributed by atoms with Crippen LogP contribution in [0.3, 0.4) is 0 Å². The van der Waals surface area contributed by atoms with Crippen LogP contribution in [0.2, 0.25) is 0 Å². The first-order valence-electron chi connectivity index (χ1n) is 9.77. The number of hydrogen-bond acceptors (Lipinski definition) is 5. The summed E-state index contributed by atoms with van der Waals surface area (Å²) >= 11 is 1.50. The highest BCUT2D eigenvalue weighted by molar-refractivity contribution is 7.22. The molecular formula is C22H24FN3O2S. The first-order chi connectivity index (χ1) is 14.0. The van der Waals surface area contributed by atoms with Crippen LogP contribution in [-0.2, 0) is 4.74 Å². The summed E-state index contributed by atoms with van der Waals surface area (Å²) in [5.74, 6) is -0.647. The van der Waals surface area contributed by atoms with E-state index in [1.807, 2.05) is 13.0 Å². The van der Waals surface area contributed by atoms with Gasteiger partial charge >= 0.3 is 0 Å². The molecule has 0 bridgehead atoms. The molecule has 2 aromatic carbocycles. The van der Waals surface area contributed by atoms with E-state index in [1.165, 1.54) is 29.0 Å². The van der Waals surface area contributed by atoms with Crippen LogP contribution in [0.5, 0.6) is 0 Å². The zero-order valence-electron chi connectivity index (χ0n) is 16.7. The molecule has 0 aliphatic carbocycles. The lowest BCUT2D eigenvalue weighted by atomic mass is 10.1. The van der Waals surface area contributed by atoms with Gasteiger partial charge < -0.3 is 4.74 Å². The predicted molar refractivity (Wildman–Crippen MR) is 114 cm³/mol. The summed E-state index contributed by atoms with van der Waals surface area (Å²) in [5, 5.41) is 0.649. The van der Waals surface area contributed by atoms with E-state index in [1.54, 1.807) is 17.0 Å². The molecule has 29 heavy (non-hydrogen) atoms. The number of anilines is 1. The van der Waals surface area contributed by atoms with Gasteiger partial charge in [-0.2, -0.15) is 0 Å². The monoisotopic (exact) mass is 413 g/mol. The number of ether oxygens (including phenoxy) is 1. The zero-order valence-corrected chi connectivity index (χ0v) is 17.5. The maximum atomic E-state index is 13.7. The Balaban J connectivity index is 1.67. The number of hydrogen-bond donors (Lipinski definition) is 0. The van der Waals surface area contributed by atoms with Crippen LogP contribution >= 0.6 is 11.3 Å². The quantitative estimate of drug-likeness (QED) is 0.634. The summed E-state index contributed by atoms with van der Waals surface area (Å²) in [4.78, 5) is 22.0. The fourth-order valence-electron chi connectivity index (χ4n) is 3.46. The largest absolute Gasteiger partial charge is 0.379 e. The summed E-state index contributed by atoms with van der Waals surface area (Å²) in [6.07, 6.45) is 0. The molecular weight excluding hydrogens is 389 g/mol. The Morgan fingerprint density at radius 1 is 1.24 bits per heavy atom. The summed E-state index contributed by atoms with van der Waals surface area (Å²) in [6, 6.07) is 9.97. The molecule has 1 amide bonds. The number of thiazole rings is 1. The second kappa shape index (κ2) is 8.57. The molecule has 0 N–H and O–H groups in total. The highest BCUT2D eigenvalue weighted by Gasteiger charge is 2.23. The van der Waals surface area contributed by atoms with Gasteiger partial charge in [-0.15, -0.1) is 0 Å². The van der Waals surface area contributed by atoms with Gasteiger partial charge in [0.25, 0.3) is 5.91 Å². The zero-order chi connectivity index (χ0) is 20.4. The topological polar surface area (TPSA) is 45.7 Å². The number of amides is 1. The second-order valence-electron chi connectivity index (χ2n) is 7.27. The van der Waals surface area contributed by atoms with Crippen molar-refractivity contribution >= 4 is 32.6 Å². The molecule has 0 saturated carbocycles. The second-order valence-corrected chi connectivity index (χ2v) is 8.28. The third-order valence-electron chi connectivity index (χ3n) is 5.36. The van der Waals surface area contributed by atoms with Crippen molar-refractivity contribution in [2.75, 3.05) is 44.3 Å². The summed E-state index contributed by atoms with van der Waals surface area (Å²) in [6.45, 7) is 8.43. The Morgan fingerprint density at radius 2 is 2.03 bits per heavy atom. The van der Waals surface area contributed by atoms with Gasteiger partial charge in [0.05, 0.1) is 23.4 Å². The van der Waals surface area contributed by atoms with Crippen molar-refractivity contribution in [3.63, 3.8) is 0 Å². The molecule has 2 heterocycles. The van der Waals surface area contributed by atoms with Gasteiger partial charge in [-0.3, -0.25) is 14.6 Å². The van der Waals surface area contributed by atoms with Gasteiger partial charge in [0.15, 0.2) is 5.13 Å². The van der Waals surface area contributed by atoms with Gasteiger partial charge in [-0.1, -0.05) is 23.5 Å². The smallest absolute Gasteiger partial charge is 0.260 e.